The highest BCUT2D eigenvalue weighted by Crippen LogP contribution is 2.26. The highest BCUT2D eigenvalue weighted by molar-refractivity contribution is 5.73. The first kappa shape index (κ1) is 13.7. The van der Waals surface area contributed by atoms with E-state index in [2.05, 4.69) is 20.8 Å². The molecule has 0 aromatic heterocycles. The predicted octanol–water partition coefficient (Wildman–Crippen LogP) is 2.18. The van der Waals surface area contributed by atoms with Crippen LogP contribution in [0.3, 0.4) is 0 Å². The molecule has 0 spiro atoms. The van der Waals surface area contributed by atoms with Crippen molar-refractivity contribution in [2.75, 3.05) is 0 Å². The van der Waals surface area contributed by atoms with E-state index < -0.39 is 12.0 Å². The van der Waals surface area contributed by atoms with Crippen LogP contribution in [0, 0.1) is 34.6 Å². The van der Waals surface area contributed by atoms with E-state index in [-0.39, 0.29) is 0 Å². The van der Waals surface area contributed by atoms with Gasteiger partial charge in [-0.25, -0.2) is 0 Å². The summed E-state index contributed by atoms with van der Waals surface area (Å²) in [7, 11) is 0. The number of hydrogen-bond acceptors (Lipinski definition) is 2. The van der Waals surface area contributed by atoms with Crippen LogP contribution >= 0.6 is 0 Å². The fourth-order valence-electron chi connectivity index (χ4n) is 2.19. The van der Waals surface area contributed by atoms with Crippen molar-refractivity contribution < 1.29 is 9.90 Å². The molecule has 0 radical (unpaired) electrons. The molecule has 94 valence electrons. The molecule has 1 aromatic carbocycles. The lowest BCUT2D eigenvalue weighted by atomic mass is 9.87. The predicted molar refractivity (Wildman–Crippen MR) is 69.4 cm³/mol. The molecule has 0 fully saturated rings. The zero-order chi connectivity index (χ0) is 13.3. The summed E-state index contributed by atoms with van der Waals surface area (Å²) in [6.45, 7) is 10.3. The van der Waals surface area contributed by atoms with Crippen LogP contribution in [0.4, 0.5) is 0 Å². The lowest BCUT2D eigenvalue weighted by molar-refractivity contribution is -0.138. The van der Waals surface area contributed by atoms with Gasteiger partial charge in [0, 0.05) is 0 Å². The van der Waals surface area contributed by atoms with Gasteiger partial charge in [-0.2, -0.15) is 0 Å². The van der Waals surface area contributed by atoms with Crippen molar-refractivity contribution in [1.29, 1.82) is 0 Å². The Labute approximate surface area is 103 Å². The maximum Gasteiger partial charge on any atom is 0.320 e. The monoisotopic (exact) mass is 235 g/mol. The van der Waals surface area contributed by atoms with Crippen molar-refractivity contribution in [2.45, 2.75) is 47.1 Å². The second-order valence-electron chi connectivity index (χ2n) is 4.75. The fourth-order valence-corrected chi connectivity index (χ4v) is 2.19. The Morgan fingerprint density at radius 3 is 1.71 bits per heavy atom. The Hall–Kier alpha value is -1.35. The Bertz CT molecular complexity index is 435. The van der Waals surface area contributed by atoms with E-state index in [0.29, 0.717) is 6.42 Å². The molecular weight excluding hydrogens is 214 g/mol. The normalized spacial score (nSPS) is 12.6. The van der Waals surface area contributed by atoms with Crippen LogP contribution in [0.2, 0.25) is 0 Å². The molecule has 0 aliphatic carbocycles. The molecular formula is C14H21NO2. The van der Waals surface area contributed by atoms with Crippen LogP contribution in [0.1, 0.15) is 33.4 Å². The number of nitrogens with two attached hydrogens (primary N) is 1. The lowest BCUT2D eigenvalue weighted by Gasteiger charge is -2.19. The lowest BCUT2D eigenvalue weighted by Crippen LogP contribution is -2.33. The summed E-state index contributed by atoms with van der Waals surface area (Å²) in [5.74, 6) is -0.945. The molecule has 17 heavy (non-hydrogen) atoms. The van der Waals surface area contributed by atoms with Crippen molar-refractivity contribution >= 4 is 5.97 Å². The first-order valence-corrected chi connectivity index (χ1v) is 5.81. The van der Waals surface area contributed by atoms with Crippen molar-refractivity contribution in [3.05, 3.63) is 33.4 Å². The van der Waals surface area contributed by atoms with Gasteiger partial charge in [0.25, 0.3) is 0 Å². The van der Waals surface area contributed by atoms with Crippen LogP contribution < -0.4 is 5.73 Å². The third kappa shape index (κ3) is 2.50. The van der Waals surface area contributed by atoms with Crippen molar-refractivity contribution in [2.24, 2.45) is 5.73 Å². The molecule has 1 rings (SSSR count). The molecule has 0 saturated carbocycles. The van der Waals surface area contributed by atoms with Crippen LogP contribution in [0.25, 0.3) is 0 Å². The van der Waals surface area contributed by atoms with Gasteiger partial charge >= 0.3 is 5.97 Å². The number of rotatable bonds is 3. The van der Waals surface area contributed by atoms with Crippen LogP contribution in [-0.4, -0.2) is 17.1 Å². The van der Waals surface area contributed by atoms with Gasteiger partial charge in [-0.15, -0.1) is 0 Å². The number of aliphatic carboxylic acids is 1. The number of carboxylic acids is 1. The minimum Gasteiger partial charge on any atom is -0.480 e. The third-order valence-corrected chi connectivity index (χ3v) is 3.90. The summed E-state index contributed by atoms with van der Waals surface area (Å²) in [6.07, 6.45) is 0.398. The minimum atomic E-state index is -0.945. The maximum absolute atomic E-state index is 10.8. The minimum absolute atomic E-state index is 0.398. The summed E-state index contributed by atoms with van der Waals surface area (Å²) in [5, 5.41) is 8.89. The molecule has 3 heteroatoms. The van der Waals surface area contributed by atoms with Crippen LogP contribution in [0.15, 0.2) is 0 Å². The van der Waals surface area contributed by atoms with Crippen molar-refractivity contribution in [1.82, 2.24) is 0 Å². The zero-order valence-electron chi connectivity index (χ0n) is 11.2. The van der Waals surface area contributed by atoms with E-state index >= 15 is 0 Å². The van der Waals surface area contributed by atoms with Gasteiger partial charge in [0.2, 0.25) is 0 Å². The van der Waals surface area contributed by atoms with E-state index in [0.717, 1.165) is 5.56 Å². The average molecular weight is 235 g/mol. The van der Waals surface area contributed by atoms with Gasteiger partial charge in [0.15, 0.2) is 0 Å². The SMILES string of the molecule is Cc1c(C)c(C)c(C[C@H](N)C(=O)O)c(C)c1C. The summed E-state index contributed by atoms with van der Waals surface area (Å²) in [6, 6.07) is -0.825. The molecule has 0 unspecified atom stereocenters. The first-order valence-electron chi connectivity index (χ1n) is 5.81. The highest BCUT2D eigenvalue weighted by Gasteiger charge is 2.18. The largest absolute Gasteiger partial charge is 0.480 e. The fraction of sp³-hybridized carbons (Fsp3) is 0.500. The number of hydrogen-bond donors (Lipinski definition) is 2. The number of benzene rings is 1. The topological polar surface area (TPSA) is 63.3 Å². The van der Waals surface area contributed by atoms with E-state index in [4.69, 9.17) is 10.8 Å². The molecule has 1 aromatic rings. The highest BCUT2D eigenvalue weighted by atomic mass is 16.4. The number of carboxylic acid groups (broad SMARTS) is 1. The second-order valence-corrected chi connectivity index (χ2v) is 4.75. The molecule has 0 aliphatic rings. The Balaban J connectivity index is 3.30. The van der Waals surface area contributed by atoms with Gasteiger partial charge in [-0.3, -0.25) is 4.79 Å². The van der Waals surface area contributed by atoms with Gasteiger partial charge < -0.3 is 10.8 Å². The Morgan fingerprint density at radius 1 is 1.00 bits per heavy atom. The third-order valence-electron chi connectivity index (χ3n) is 3.90. The van der Waals surface area contributed by atoms with E-state index in [1.54, 1.807) is 0 Å². The summed E-state index contributed by atoms with van der Waals surface area (Å²) >= 11 is 0. The summed E-state index contributed by atoms with van der Waals surface area (Å²) < 4.78 is 0. The zero-order valence-corrected chi connectivity index (χ0v) is 11.2. The molecule has 1 atom stereocenters. The molecule has 3 nitrogen and oxygen atoms in total. The number of carbonyl (C=O) groups is 1. The first-order chi connectivity index (χ1) is 7.77. The van der Waals surface area contributed by atoms with Gasteiger partial charge in [0.05, 0.1) is 0 Å². The molecule has 0 amide bonds. The van der Waals surface area contributed by atoms with Gasteiger partial charge in [-0.05, 0) is 74.4 Å². The molecule has 0 saturated heterocycles. The van der Waals surface area contributed by atoms with E-state index in [1.807, 2.05) is 13.8 Å². The summed E-state index contributed by atoms with van der Waals surface area (Å²) in [5.41, 5.74) is 12.8. The Morgan fingerprint density at radius 2 is 1.35 bits per heavy atom. The Kier molecular flexibility index (Phi) is 3.94. The molecule has 3 N–H and O–H groups in total. The van der Waals surface area contributed by atoms with Crippen LogP contribution in [0.5, 0.6) is 0 Å². The average Bonchev–Trinajstić information content (AvgIpc) is 2.29. The van der Waals surface area contributed by atoms with E-state index in [1.165, 1.54) is 27.8 Å². The van der Waals surface area contributed by atoms with Crippen molar-refractivity contribution in [3.63, 3.8) is 0 Å². The molecule has 0 aliphatic heterocycles. The van der Waals surface area contributed by atoms with Crippen molar-refractivity contribution in [3.8, 4) is 0 Å². The second kappa shape index (κ2) is 4.88. The van der Waals surface area contributed by atoms with Crippen LogP contribution in [-0.2, 0) is 11.2 Å². The standard InChI is InChI=1S/C14H21NO2/c1-7-8(2)10(4)12(11(5)9(7)3)6-13(15)14(16)17/h13H,6,15H2,1-5H3,(H,16,17)/t13-/m0/s1. The quantitative estimate of drug-likeness (QED) is 0.844. The van der Waals surface area contributed by atoms with E-state index in [9.17, 15) is 4.79 Å². The molecule has 0 bridgehead atoms. The maximum atomic E-state index is 10.8. The summed E-state index contributed by atoms with van der Waals surface area (Å²) in [4.78, 5) is 10.8. The van der Waals surface area contributed by atoms with Gasteiger partial charge in [0.1, 0.15) is 6.04 Å². The molecule has 0 heterocycles. The van der Waals surface area contributed by atoms with Gasteiger partial charge in [-0.1, -0.05) is 0 Å². The smallest absolute Gasteiger partial charge is 0.320 e.